The van der Waals surface area contributed by atoms with E-state index in [1.807, 2.05) is 31.1 Å². The average molecular weight is 233 g/mol. The zero-order chi connectivity index (χ0) is 12.4. The second-order valence-corrected chi connectivity index (χ2v) is 4.68. The quantitative estimate of drug-likeness (QED) is 0.865. The lowest BCUT2D eigenvalue weighted by Gasteiger charge is -2.24. The van der Waals surface area contributed by atoms with Crippen LogP contribution in [0.3, 0.4) is 0 Å². The van der Waals surface area contributed by atoms with Gasteiger partial charge in [-0.15, -0.1) is 0 Å². The summed E-state index contributed by atoms with van der Waals surface area (Å²) in [6, 6.07) is 3.96. The highest BCUT2D eigenvalue weighted by molar-refractivity contribution is 5.94. The van der Waals surface area contributed by atoms with Gasteiger partial charge in [-0.3, -0.25) is 4.79 Å². The van der Waals surface area contributed by atoms with Gasteiger partial charge in [-0.25, -0.2) is 4.98 Å². The summed E-state index contributed by atoms with van der Waals surface area (Å²) in [5.41, 5.74) is 0.652. The number of nitrogens with one attached hydrogen (secondary N) is 1. The summed E-state index contributed by atoms with van der Waals surface area (Å²) in [5.74, 6) is 1.52. The van der Waals surface area contributed by atoms with E-state index in [0.29, 0.717) is 17.5 Å². The number of hydrogen-bond donors (Lipinski definition) is 1. The Morgan fingerprint density at radius 3 is 2.71 bits per heavy atom. The van der Waals surface area contributed by atoms with E-state index in [-0.39, 0.29) is 5.91 Å². The third-order valence-electron chi connectivity index (χ3n) is 3.50. The van der Waals surface area contributed by atoms with E-state index in [1.165, 1.54) is 12.8 Å². The molecule has 1 N–H and O–H groups in total. The summed E-state index contributed by atoms with van der Waals surface area (Å²) in [4.78, 5) is 18.2. The standard InChI is InChI=1S/C13H19N3O/c1-9(10-4-5-10)16(3)13(17)11-6-7-12(14-2)15-8-11/h6-10H,4-5H2,1-3H3,(H,14,15). The van der Waals surface area contributed by atoms with Crippen LogP contribution in [-0.4, -0.2) is 35.9 Å². The molecule has 2 rings (SSSR count). The minimum atomic E-state index is 0.0551. The number of aromatic nitrogens is 1. The van der Waals surface area contributed by atoms with Gasteiger partial charge in [0.25, 0.3) is 5.91 Å². The lowest BCUT2D eigenvalue weighted by molar-refractivity contribution is 0.0727. The molecular formula is C13H19N3O. The first-order valence-electron chi connectivity index (χ1n) is 6.04. The molecule has 1 aromatic rings. The Bertz CT molecular complexity index is 398. The number of nitrogens with zero attached hydrogens (tertiary/aromatic N) is 2. The second-order valence-electron chi connectivity index (χ2n) is 4.68. The maximum Gasteiger partial charge on any atom is 0.255 e. The SMILES string of the molecule is CNc1ccc(C(=O)N(C)C(C)C2CC2)cn1. The predicted molar refractivity (Wildman–Crippen MR) is 68.1 cm³/mol. The van der Waals surface area contributed by atoms with Crippen molar-refractivity contribution in [2.75, 3.05) is 19.4 Å². The molecule has 1 aliphatic carbocycles. The van der Waals surface area contributed by atoms with Gasteiger partial charge in [0, 0.05) is 26.3 Å². The number of pyridine rings is 1. The lowest BCUT2D eigenvalue weighted by atomic mass is 10.1. The summed E-state index contributed by atoms with van der Waals surface area (Å²) < 4.78 is 0. The van der Waals surface area contributed by atoms with Gasteiger partial charge < -0.3 is 10.2 Å². The monoisotopic (exact) mass is 233 g/mol. The van der Waals surface area contributed by atoms with Crippen LogP contribution < -0.4 is 5.32 Å². The highest BCUT2D eigenvalue weighted by atomic mass is 16.2. The van der Waals surface area contributed by atoms with E-state index in [2.05, 4.69) is 17.2 Å². The molecule has 17 heavy (non-hydrogen) atoms. The third kappa shape index (κ3) is 2.57. The number of rotatable bonds is 4. The molecular weight excluding hydrogens is 214 g/mol. The Labute approximate surface area is 102 Å². The molecule has 1 aromatic heterocycles. The molecule has 92 valence electrons. The summed E-state index contributed by atoms with van der Waals surface area (Å²) in [6.45, 7) is 2.12. The molecule has 1 unspecified atom stereocenters. The maximum absolute atomic E-state index is 12.2. The second kappa shape index (κ2) is 4.73. The molecule has 1 saturated carbocycles. The van der Waals surface area contributed by atoms with Crippen molar-refractivity contribution < 1.29 is 4.79 Å². The van der Waals surface area contributed by atoms with Crippen LogP contribution in [0.25, 0.3) is 0 Å². The van der Waals surface area contributed by atoms with Crippen LogP contribution in [0.2, 0.25) is 0 Å². The Hall–Kier alpha value is -1.58. The zero-order valence-corrected chi connectivity index (χ0v) is 10.6. The van der Waals surface area contributed by atoms with Crippen LogP contribution in [0, 0.1) is 5.92 Å². The summed E-state index contributed by atoms with van der Waals surface area (Å²) in [7, 11) is 3.68. The smallest absolute Gasteiger partial charge is 0.255 e. The first-order chi connectivity index (χ1) is 8.13. The third-order valence-corrected chi connectivity index (χ3v) is 3.50. The van der Waals surface area contributed by atoms with Crippen molar-refractivity contribution >= 4 is 11.7 Å². The van der Waals surface area contributed by atoms with Gasteiger partial charge in [-0.05, 0) is 37.8 Å². The van der Waals surface area contributed by atoms with Crippen molar-refractivity contribution in [3.8, 4) is 0 Å². The fourth-order valence-corrected chi connectivity index (χ4v) is 1.95. The molecule has 1 heterocycles. The molecule has 0 spiro atoms. The molecule has 0 saturated heterocycles. The molecule has 1 atom stereocenters. The Balaban J connectivity index is 2.06. The number of carbonyl (C=O) groups is 1. The molecule has 4 nitrogen and oxygen atoms in total. The zero-order valence-electron chi connectivity index (χ0n) is 10.6. The van der Waals surface area contributed by atoms with E-state index >= 15 is 0 Å². The fraction of sp³-hybridized carbons (Fsp3) is 0.538. The van der Waals surface area contributed by atoms with Gasteiger partial charge in [-0.1, -0.05) is 0 Å². The fourth-order valence-electron chi connectivity index (χ4n) is 1.95. The number of amides is 1. The number of hydrogen-bond acceptors (Lipinski definition) is 3. The van der Waals surface area contributed by atoms with Crippen molar-refractivity contribution in [1.82, 2.24) is 9.88 Å². The van der Waals surface area contributed by atoms with Crippen molar-refractivity contribution in [2.45, 2.75) is 25.8 Å². The average Bonchev–Trinajstić information content (AvgIpc) is 3.20. The Morgan fingerprint density at radius 1 is 1.53 bits per heavy atom. The first kappa shape index (κ1) is 11.9. The van der Waals surface area contributed by atoms with Crippen LogP contribution in [-0.2, 0) is 0 Å². The predicted octanol–water partition coefficient (Wildman–Crippen LogP) is 1.99. The summed E-state index contributed by atoms with van der Waals surface area (Å²) >= 11 is 0. The summed E-state index contributed by atoms with van der Waals surface area (Å²) in [5, 5.41) is 2.94. The molecule has 1 fully saturated rings. The summed E-state index contributed by atoms with van der Waals surface area (Å²) in [6.07, 6.45) is 4.12. The van der Waals surface area contributed by atoms with Gasteiger partial charge in [0.2, 0.25) is 0 Å². The maximum atomic E-state index is 12.2. The van der Waals surface area contributed by atoms with Crippen molar-refractivity contribution in [2.24, 2.45) is 5.92 Å². The van der Waals surface area contributed by atoms with Crippen LogP contribution in [0.1, 0.15) is 30.1 Å². The number of carbonyl (C=O) groups excluding carboxylic acids is 1. The van der Waals surface area contributed by atoms with Gasteiger partial charge in [0.05, 0.1) is 5.56 Å². The van der Waals surface area contributed by atoms with E-state index in [4.69, 9.17) is 0 Å². The molecule has 0 aromatic carbocycles. The van der Waals surface area contributed by atoms with Gasteiger partial charge in [0.15, 0.2) is 0 Å². The molecule has 0 aliphatic heterocycles. The van der Waals surface area contributed by atoms with E-state index in [9.17, 15) is 4.79 Å². The normalized spacial score (nSPS) is 16.4. The molecule has 4 heteroatoms. The van der Waals surface area contributed by atoms with Crippen molar-refractivity contribution in [1.29, 1.82) is 0 Å². The largest absolute Gasteiger partial charge is 0.373 e. The molecule has 0 radical (unpaired) electrons. The minimum absolute atomic E-state index is 0.0551. The van der Waals surface area contributed by atoms with Gasteiger partial charge >= 0.3 is 0 Å². The van der Waals surface area contributed by atoms with Crippen molar-refractivity contribution in [3.63, 3.8) is 0 Å². The molecule has 1 amide bonds. The molecule has 0 bridgehead atoms. The van der Waals surface area contributed by atoms with Crippen LogP contribution >= 0.6 is 0 Å². The van der Waals surface area contributed by atoms with Gasteiger partial charge in [-0.2, -0.15) is 0 Å². The molecule has 1 aliphatic rings. The first-order valence-corrected chi connectivity index (χ1v) is 6.04. The van der Waals surface area contributed by atoms with Crippen LogP contribution in [0.4, 0.5) is 5.82 Å². The van der Waals surface area contributed by atoms with Crippen LogP contribution in [0.15, 0.2) is 18.3 Å². The van der Waals surface area contributed by atoms with Gasteiger partial charge in [0.1, 0.15) is 5.82 Å². The Morgan fingerprint density at radius 2 is 2.24 bits per heavy atom. The lowest BCUT2D eigenvalue weighted by Crippen LogP contribution is -2.36. The van der Waals surface area contributed by atoms with E-state index in [0.717, 1.165) is 5.82 Å². The van der Waals surface area contributed by atoms with Crippen LogP contribution in [0.5, 0.6) is 0 Å². The van der Waals surface area contributed by atoms with E-state index < -0.39 is 0 Å². The topological polar surface area (TPSA) is 45.2 Å². The number of anilines is 1. The van der Waals surface area contributed by atoms with Crippen molar-refractivity contribution in [3.05, 3.63) is 23.9 Å². The highest BCUT2D eigenvalue weighted by Gasteiger charge is 2.32. The minimum Gasteiger partial charge on any atom is -0.373 e. The highest BCUT2D eigenvalue weighted by Crippen LogP contribution is 2.35. The Kier molecular flexibility index (Phi) is 3.31. The van der Waals surface area contributed by atoms with E-state index in [1.54, 1.807) is 6.20 Å².